The highest BCUT2D eigenvalue weighted by Gasteiger charge is 2.16. The van der Waals surface area contributed by atoms with Crippen LogP contribution in [0.3, 0.4) is 0 Å². The van der Waals surface area contributed by atoms with Crippen LogP contribution in [0.25, 0.3) is 0 Å². The maximum absolute atomic E-state index is 12.7. The van der Waals surface area contributed by atoms with Gasteiger partial charge in [-0.3, -0.25) is 10.2 Å². The Kier molecular flexibility index (Phi) is 5.71. The Bertz CT molecular complexity index is 876. The van der Waals surface area contributed by atoms with Crippen LogP contribution in [-0.4, -0.2) is 11.6 Å². The van der Waals surface area contributed by atoms with Crippen molar-refractivity contribution in [3.8, 4) is 0 Å². The number of benzene rings is 2. The largest absolute Gasteiger partial charge is 0.335 e. The van der Waals surface area contributed by atoms with Gasteiger partial charge in [0.2, 0.25) is 5.78 Å². The summed E-state index contributed by atoms with van der Waals surface area (Å²) in [6, 6.07) is 17.7. The summed E-state index contributed by atoms with van der Waals surface area (Å²) in [4.78, 5) is 13.3. The van der Waals surface area contributed by atoms with Crippen LogP contribution in [-0.2, 0) is 0 Å². The van der Waals surface area contributed by atoms with E-state index in [2.05, 4.69) is 15.8 Å². The van der Waals surface area contributed by atoms with E-state index in [4.69, 9.17) is 23.2 Å². The number of ketones is 1. The number of Topliss-reactive ketones (excluding diaryl/α,β-unsaturated/α-hetero) is 1. The zero-order valence-electron chi connectivity index (χ0n) is 12.9. The van der Waals surface area contributed by atoms with E-state index in [0.717, 1.165) is 5.69 Å². The lowest BCUT2D eigenvalue weighted by molar-refractivity contribution is 0.106. The van der Waals surface area contributed by atoms with Gasteiger partial charge in [0.25, 0.3) is 0 Å². The summed E-state index contributed by atoms with van der Waals surface area (Å²) in [6.45, 7) is 0. The number of rotatable bonds is 5. The van der Waals surface area contributed by atoms with E-state index in [1.807, 2.05) is 11.4 Å². The average Bonchev–Trinajstić information content (AvgIpc) is 3.16. The standard InChI is InChI=1S/C18H13Cl2N3OS/c19-12-3-7-14(8-4-12)21-18(17(24)16-2-1-11-25-16)23-22-15-9-5-13(20)6-10-15/h1-11,22H,(H,21,23). The number of anilines is 2. The minimum absolute atomic E-state index is 0.180. The molecule has 1 heterocycles. The van der Waals surface area contributed by atoms with E-state index in [9.17, 15) is 4.79 Å². The van der Waals surface area contributed by atoms with Crippen molar-refractivity contribution in [1.29, 1.82) is 0 Å². The van der Waals surface area contributed by atoms with Crippen LogP contribution >= 0.6 is 34.5 Å². The molecule has 0 unspecified atom stereocenters. The quantitative estimate of drug-likeness (QED) is 0.252. The third-order valence-corrected chi connectivity index (χ3v) is 4.58. The summed E-state index contributed by atoms with van der Waals surface area (Å²) in [5.74, 6) is -0.0221. The molecule has 0 aliphatic carbocycles. The zero-order valence-corrected chi connectivity index (χ0v) is 15.2. The molecule has 0 fully saturated rings. The van der Waals surface area contributed by atoms with Gasteiger partial charge in [0.1, 0.15) is 0 Å². The molecule has 4 nitrogen and oxygen atoms in total. The molecule has 2 N–H and O–H groups in total. The molecule has 2 aromatic carbocycles. The van der Waals surface area contributed by atoms with E-state index >= 15 is 0 Å². The van der Waals surface area contributed by atoms with Crippen LogP contribution in [0.4, 0.5) is 11.4 Å². The molecule has 0 atom stereocenters. The number of hydrazone groups is 1. The van der Waals surface area contributed by atoms with E-state index in [1.165, 1.54) is 11.3 Å². The van der Waals surface area contributed by atoms with Gasteiger partial charge in [-0.1, -0.05) is 29.3 Å². The van der Waals surface area contributed by atoms with Crippen molar-refractivity contribution in [2.24, 2.45) is 5.10 Å². The fraction of sp³-hybridized carbons (Fsp3) is 0. The molecule has 0 saturated heterocycles. The maximum Gasteiger partial charge on any atom is 0.239 e. The smallest absolute Gasteiger partial charge is 0.239 e. The first-order chi connectivity index (χ1) is 12.1. The second-order valence-electron chi connectivity index (χ2n) is 5.02. The lowest BCUT2D eigenvalue weighted by Crippen LogP contribution is -2.24. The monoisotopic (exact) mass is 389 g/mol. The molecule has 126 valence electrons. The summed E-state index contributed by atoms with van der Waals surface area (Å²) in [5.41, 5.74) is 4.31. The fourth-order valence-corrected chi connectivity index (χ4v) is 2.89. The number of carbonyl (C=O) groups excluding carboxylic acids is 1. The van der Waals surface area contributed by atoms with E-state index < -0.39 is 0 Å². The number of hydrogen-bond donors (Lipinski definition) is 2. The van der Waals surface area contributed by atoms with E-state index in [1.54, 1.807) is 54.6 Å². The molecule has 0 aliphatic heterocycles. The van der Waals surface area contributed by atoms with Gasteiger partial charge in [0.15, 0.2) is 5.84 Å². The van der Waals surface area contributed by atoms with Crippen molar-refractivity contribution >= 4 is 57.5 Å². The molecule has 3 rings (SSSR count). The van der Waals surface area contributed by atoms with Crippen LogP contribution in [0.5, 0.6) is 0 Å². The summed E-state index contributed by atoms with van der Waals surface area (Å²) in [7, 11) is 0. The molecule has 25 heavy (non-hydrogen) atoms. The van der Waals surface area contributed by atoms with Crippen molar-refractivity contribution < 1.29 is 4.79 Å². The molecule has 0 amide bonds. The lowest BCUT2D eigenvalue weighted by atomic mass is 10.2. The van der Waals surface area contributed by atoms with Crippen molar-refractivity contribution in [3.05, 3.63) is 81.0 Å². The van der Waals surface area contributed by atoms with Gasteiger partial charge in [-0.25, -0.2) is 0 Å². The second kappa shape index (κ2) is 8.16. The first-order valence-electron chi connectivity index (χ1n) is 7.32. The summed E-state index contributed by atoms with van der Waals surface area (Å²) in [5, 5.41) is 10.4. The van der Waals surface area contributed by atoms with Crippen LogP contribution in [0.15, 0.2) is 71.1 Å². The third-order valence-electron chi connectivity index (χ3n) is 3.21. The van der Waals surface area contributed by atoms with Crippen molar-refractivity contribution in [1.82, 2.24) is 0 Å². The molecule has 0 bridgehead atoms. The van der Waals surface area contributed by atoms with Crippen LogP contribution < -0.4 is 10.7 Å². The van der Waals surface area contributed by atoms with Crippen molar-refractivity contribution in [2.75, 3.05) is 10.7 Å². The first-order valence-corrected chi connectivity index (χ1v) is 8.95. The molecular formula is C18H13Cl2N3OS. The van der Waals surface area contributed by atoms with Gasteiger partial charge < -0.3 is 5.32 Å². The molecule has 0 spiro atoms. The number of thiophene rings is 1. The number of halogens is 2. The normalized spacial score (nSPS) is 11.2. The number of nitrogens with zero attached hydrogens (tertiary/aromatic N) is 1. The maximum atomic E-state index is 12.7. The zero-order chi connectivity index (χ0) is 17.6. The molecular weight excluding hydrogens is 377 g/mol. The predicted octanol–water partition coefficient (Wildman–Crippen LogP) is 5.78. The second-order valence-corrected chi connectivity index (χ2v) is 6.84. The van der Waals surface area contributed by atoms with Crippen LogP contribution in [0.1, 0.15) is 9.67 Å². The molecule has 7 heteroatoms. The molecule has 0 aliphatic rings. The van der Waals surface area contributed by atoms with Crippen LogP contribution in [0.2, 0.25) is 10.0 Å². The van der Waals surface area contributed by atoms with Crippen LogP contribution in [0, 0.1) is 0 Å². The van der Waals surface area contributed by atoms with Crippen molar-refractivity contribution in [2.45, 2.75) is 0 Å². The van der Waals surface area contributed by atoms with Gasteiger partial charge >= 0.3 is 0 Å². The van der Waals surface area contributed by atoms with E-state index in [0.29, 0.717) is 20.6 Å². The molecule has 0 saturated carbocycles. The third kappa shape index (κ3) is 4.82. The Hall–Kier alpha value is -2.34. The first kappa shape index (κ1) is 17.5. The topological polar surface area (TPSA) is 53.5 Å². The highest BCUT2D eigenvalue weighted by atomic mass is 35.5. The van der Waals surface area contributed by atoms with Gasteiger partial charge in [0, 0.05) is 15.7 Å². The van der Waals surface area contributed by atoms with E-state index in [-0.39, 0.29) is 11.6 Å². The number of amidine groups is 1. The SMILES string of the molecule is O=C(/C(=N\Nc1ccc(Cl)cc1)Nc1ccc(Cl)cc1)c1cccs1. The number of carbonyl (C=O) groups is 1. The average molecular weight is 390 g/mol. The Balaban J connectivity index is 1.85. The predicted molar refractivity (Wildman–Crippen MR) is 106 cm³/mol. The number of nitrogens with one attached hydrogen (secondary N) is 2. The van der Waals surface area contributed by atoms with Gasteiger partial charge in [-0.15, -0.1) is 11.3 Å². The highest BCUT2D eigenvalue weighted by molar-refractivity contribution is 7.13. The van der Waals surface area contributed by atoms with Gasteiger partial charge in [-0.2, -0.15) is 5.10 Å². The molecule has 0 radical (unpaired) electrons. The highest BCUT2D eigenvalue weighted by Crippen LogP contribution is 2.17. The Morgan fingerprint density at radius 1 is 0.880 bits per heavy atom. The fourth-order valence-electron chi connectivity index (χ4n) is 1.97. The van der Waals surface area contributed by atoms with Gasteiger partial charge in [-0.05, 0) is 60.0 Å². The molecule has 1 aromatic heterocycles. The van der Waals surface area contributed by atoms with Gasteiger partial charge in [0.05, 0.1) is 10.6 Å². The van der Waals surface area contributed by atoms with Crippen molar-refractivity contribution in [3.63, 3.8) is 0 Å². The summed E-state index contributed by atoms with van der Waals surface area (Å²) >= 11 is 13.1. The Morgan fingerprint density at radius 3 is 2.04 bits per heavy atom. The minimum atomic E-state index is -0.202. The lowest BCUT2D eigenvalue weighted by Gasteiger charge is -2.09. The Morgan fingerprint density at radius 2 is 1.48 bits per heavy atom. The summed E-state index contributed by atoms with van der Waals surface area (Å²) in [6.07, 6.45) is 0. The number of hydrogen-bond acceptors (Lipinski definition) is 4. The Labute approximate surface area is 159 Å². The molecule has 3 aromatic rings. The minimum Gasteiger partial charge on any atom is -0.335 e. The summed E-state index contributed by atoms with van der Waals surface area (Å²) < 4.78 is 0.